The number of benzene rings is 1. The predicted molar refractivity (Wildman–Crippen MR) is 137 cm³/mol. The van der Waals surface area contributed by atoms with Crippen LogP contribution in [0.2, 0.25) is 0 Å². The highest BCUT2D eigenvalue weighted by atomic mass is 16.5. The maximum atomic E-state index is 12.2. The first-order chi connectivity index (χ1) is 16.7. The van der Waals surface area contributed by atoms with Crippen molar-refractivity contribution in [3.8, 4) is 0 Å². The molecular weight excluding hydrogens is 436 g/mol. The van der Waals surface area contributed by atoms with Gasteiger partial charge in [0.2, 0.25) is 0 Å². The molecule has 4 heteroatoms. The fourth-order valence-corrected chi connectivity index (χ4v) is 7.58. The second kappa shape index (κ2) is 9.35. The SMILES string of the molecule is CC(C)CC(=O)OC(C)c1ccc([C@H]2CC3(C)C(O)CCC3C3CCC4=CC(=O)CCC4=C32)cc1. The number of aliphatic hydroxyl groups is 1. The van der Waals surface area contributed by atoms with Gasteiger partial charge in [-0.2, -0.15) is 0 Å². The Morgan fingerprint density at radius 2 is 1.83 bits per heavy atom. The molecule has 0 radical (unpaired) electrons. The Labute approximate surface area is 209 Å². The molecule has 2 fully saturated rings. The van der Waals surface area contributed by atoms with E-state index in [9.17, 15) is 14.7 Å². The van der Waals surface area contributed by atoms with Crippen LogP contribution in [0.4, 0.5) is 0 Å². The van der Waals surface area contributed by atoms with Crippen LogP contribution in [-0.4, -0.2) is 23.0 Å². The van der Waals surface area contributed by atoms with Crippen LogP contribution in [0.5, 0.6) is 0 Å². The lowest BCUT2D eigenvalue weighted by Gasteiger charge is -2.52. The quantitative estimate of drug-likeness (QED) is 0.487. The maximum absolute atomic E-state index is 12.2. The van der Waals surface area contributed by atoms with E-state index < -0.39 is 0 Å². The van der Waals surface area contributed by atoms with E-state index in [4.69, 9.17) is 4.74 Å². The Balaban J connectivity index is 1.48. The van der Waals surface area contributed by atoms with Crippen molar-refractivity contribution in [1.29, 1.82) is 0 Å². The van der Waals surface area contributed by atoms with Gasteiger partial charge in [-0.05, 0) is 97.0 Å². The van der Waals surface area contributed by atoms with Crippen molar-refractivity contribution in [1.82, 2.24) is 0 Å². The molecule has 35 heavy (non-hydrogen) atoms. The number of rotatable bonds is 5. The molecule has 5 rings (SSSR count). The summed E-state index contributed by atoms with van der Waals surface area (Å²) in [5.74, 6) is 1.67. The number of carbonyl (C=O) groups excluding carboxylic acids is 2. The van der Waals surface area contributed by atoms with Crippen LogP contribution in [-0.2, 0) is 14.3 Å². The standard InChI is InChI=1S/C31H40O4/c1-18(2)15-29(34)35-19(3)20-5-7-21(8-6-20)26-17-31(4)27(13-14-28(31)33)25-11-9-22-16-23(32)10-12-24(22)30(25)26/h5-8,16,18-19,25-28,33H,9-15,17H2,1-4H3/t19?,25?,26-,27?,28?,31?/m1/s1. The molecule has 188 valence electrons. The van der Waals surface area contributed by atoms with Gasteiger partial charge in [0.25, 0.3) is 0 Å². The number of esters is 1. The minimum atomic E-state index is -0.274. The molecule has 0 spiro atoms. The summed E-state index contributed by atoms with van der Waals surface area (Å²) in [6.07, 6.45) is 8.32. The number of carbonyl (C=O) groups is 2. The summed E-state index contributed by atoms with van der Waals surface area (Å²) in [6, 6.07) is 8.61. The zero-order valence-corrected chi connectivity index (χ0v) is 21.7. The largest absolute Gasteiger partial charge is 0.458 e. The van der Waals surface area contributed by atoms with E-state index in [-0.39, 0.29) is 41.2 Å². The van der Waals surface area contributed by atoms with Crippen molar-refractivity contribution in [3.05, 3.63) is 58.2 Å². The van der Waals surface area contributed by atoms with Gasteiger partial charge in [-0.15, -0.1) is 0 Å². The summed E-state index contributed by atoms with van der Waals surface area (Å²) in [6.45, 7) is 8.29. The van der Waals surface area contributed by atoms with E-state index >= 15 is 0 Å². The summed E-state index contributed by atoms with van der Waals surface area (Å²) in [7, 11) is 0. The Bertz CT molecular complexity index is 1060. The van der Waals surface area contributed by atoms with Crippen molar-refractivity contribution >= 4 is 11.8 Å². The highest BCUT2D eigenvalue weighted by Crippen LogP contribution is 2.63. The molecule has 4 aliphatic carbocycles. The molecule has 0 amide bonds. The van der Waals surface area contributed by atoms with Crippen LogP contribution in [0.1, 0.15) is 102 Å². The first-order valence-electron chi connectivity index (χ1n) is 13.6. The molecule has 5 unspecified atom stereocenters. The van der Waals surface area contributed by atoms with Gasteiger partial charge in [0.15, 0.2) is 5.78 Å². The molecular formula is C31H40O4. The van der Waals surface area contributed by atoms with Gasteiger partial charge in [-0.3, -0.25) is 9.59 Å². The third-order valence-electron chi connectivity index (χ3n) is 9.37. The van der Waals surface area contributed by atoms with E-state index in [1.54, 1.807) is 5.57 Å². The smallest absolute Gasteiger partial charge is 0.306 e. The number of hydrogen-bond acceptors (Lipinski definition) is 4. The van der Waals surface area contributed by atoms with E-state index in [2.05, 4.69) is 31.2 Å². The summed E-state index contributed by atoms with van der Waals surface area (Å²) in [5, 5.41) is 11.0. The fourth-order valence-electron chi connectivity index (χ4n) is 7.58. The number of hydrogen-bond donors (Lipinski definition) is 1. The summed E-state index contributed by atoms with van der Waals surface area (Å²) < 4.78 is 5.67. The highest BCUT2D eigenvalue weighted by molar-refractivity contribution is 5.93. The average Bonchev–Trinajstić information content (AvgIpc) is 3.11. The minimum Gasteiger partial charge on any atom is -0.458 e. The number of ketones is 1. The van der Waals surface area contributed by atoms with Crippen molar-refractivity contribution < 1.29 is 19.4 Å². The first kappa shape index (κ1) is 24.5. The molecule has 6 atom stereocenters. The number of fused-ring (bicyclic) bond motifs is 4. The van der Waals surface area contributed by atoms with Gasteiger partial charge in [-0.1, -0.05) is 50.6 Å². The normalized spacial score (nSPS) is 33.1. The molecule has 0 aliphatic heterocycles. The van der Waals surface area contributed by atoms with E-state index in [1.807, 2.05) is 26.8 Å². The van der Waals surface area contributed by atoms with Crippen molar-refractivity contribution in [2.24, 2.45) is 23.2 Å². The molecule has 0 heterocycles. The maximum Gasteiger partial charge on any atom is 0.306 e. The Morgan fingerprint density at radius 3 is 2.54 bits per heavy atom. The van der Waals surface area contributed by atoms with E-state index in [0.717, 1.165) is 44.1 Å². The number of allylic oxidation sites excluding steroid dienone is 4. The van der Waals surface area contributed by atoms with Gasteiger partial charge < -0.3 is 9.84 Å². The molecule has 2 saturated carbocycles. The predicted octanol–water partition coefficient (Wildman–Crippen LogP) is 6.60. The molecule has 0 bridgehead atoms. The molecule has 0 aromatic heterocycles. The van der Waals surface area contributed by atoms with Crippen LogP contribution >= 0.6 is 0 Å². The minimum absolute atomic E-state index is 0.0660. The molecule has 4 aliphatic rings. The summed E-state index contributed by atoms with van der Waals surface area (Å²) in [4.78, 5) is 24.3. The number of aliphatic hydroxyl groups excluding tert-OH is 1. The zero-order chi connectivity index (χ0) is 24.9. The van der Waals surface area contributed by atoms with Crippen LogP contribution in [0.25, 0.3) is 0 Å². The monoisotopic (exact) mass is 476 g/mol. The van der Waals surface area contributed by atoms with Crippen molar-refractivity contribution in [3.63, 3.8) is 0 Å². The van der Waals surface area contributed by atoms with E-state index in [0.29, 0.717) is 24.7 Å². The molecule has 1 aromatic carbocycles. The Morgan fingerprint density at radius 1 is 1.09 bits per heavy atom. The van der Waals surface area contributed by atoms with Crippen LogP contribution < -0.4 is 0 Å². The summed E-state index contributed by atoms with van der Waals surface area (Å²) >= 11 is 0. The van der Waals surface area contributed by atoms with Gasteiger partial charge in [0.1, 0.15) is 6.10 Å². The molecule has 4 nitrogen and oxygen atoms in total. The molecule has 0 saturated heterocycles. The second-order valence-electron chi connectivity index (χ2n) is 12.1. The first-order valence-corrected chi connectivity index (χ1v) is 13.6. The lowest BCUT2D eigenvalue weighted by atomic mass is 9.53. The zero-order valence-electron chi connectivity index (χ0n) is 21.7. The third kappa shape index (κ3) is 4.43. The van der Waals surface area contributed by atoms with Gasteiger partial charge in [0.05, 0.1) is 6.10 Å². The van der Waals surface area contributed by atoms with E-state index in [1.165, 1.54) is 16.7 Å². The van der Waals surface area contributed by atoms with Crippen molar-refractivity contribution in [2.45, 2.75) is 97.2 Å². The second-order valence-corrected chi connectivity index (χ2v) is 12.1. The Hall–Kier alpha value is -2.20. The molecule has 1 aromatic rings. The third-order valence-corrected chi connectivity index (χ3v) is 9.37. The number of ether oxygens (including phenoxy) is 1. The topological polar surface area (TPSA) is 63.6 Å². The lowest BCUT2D eigenvalue weighted by Crippen LogP contribution is -2.45. The molecule has 1 N–H and O–H groups in total. The summed E-state index contributed by atoms with van der Waals surface area (Å²) in [5.41, 5.74) is 6.47. The van der Waals surface area contributed by atoms with Gasteiger partial charge in [-0.25, -0.2) is 0 Å². The van der Waals surface area contributed by atoms with Crippen molar-refractivity contribution in [2.75, 3.05) is 0 Å². The lowest BCUT2D eigenvalue weighted by molar-refractivity contribution is -0.149. The average molecular weight is 477 g/mol. The van der Waals surface area contributed by atoms with Gasteiger partial charge >= 0.3 is 5.97 Å². The Kier molecular flexibility index (Phi) is 6.54. The van der Waals surface area contributed by atoms with Crippen LogP contribution in [0, 0.1) is 23.2 Å². The van der Waals surface area contributed by atoms with Crippen LogP contribution in [0.15, 0.2) is 47.1 Å². The fraction of sp³-hybridized carbons (Fsp3) is 0.613. The highest BCUT2D eigenvalue weighted by Gasteiger charge is 2.56. The van der Waals surface area contributed by atoms with Gasteiger partial charge in [0, 0.05) is 18.8 Å². The van der Waals surface area contributed by atoms with Crippen LogP contribution in [0.3, 0.4) is 0 Å².